The van der Waals surface area contributed by atoms with Gasteiger partial charge in [-0.05, 0) is 56.1 Å². The Hall–Kier alpha value is -2.41. The molecule has 1 aliphatic rings. The van der Waals surface area contributed by atoms with Crippen LogP contribution in [0.4, 0.5) is 5.69 Å². The van der Waals surface area contributed by atoms with Gasteiger partial charge in [0, 0.05) is 24.4 Å². The predicted octanol–water partition coefficient (Wildman–Crippen LogP) is 6.49. The van der Waals surface area contributed by atoms with E-state index in [0.717, 1.165) is 29.8 Å². The van der Waals surface area contributed by atoms with Crippen molar-refractivity contribution in [2.75, 3.05) is 18.5 Å². The van der Waals surface area contributed by atoms with E-state index in [4.69, 9.17) is 17.0 Å². The number of carbonyl (C=O) groups excluding carboxylic acids is 2. The molecule has 1 aromatic rings. The number of allylic oxidation sites excluding steroid dienone is 1. The van der Waals surface area contributed by atoms with Crippen LogP contribution in [0.5, 0.6) is 0 Å². The molecule has 0 aliphatic carbocycles. The Kier molecular flexibility index (Phi) is 12.2. The molecule has 0 radical (unpaired) electrons. The SMILES string of the molecule is CCCCCCCCCC(=O)Nc1ccc(C2NC(=S)N(CC)C(C)=C2C(=O)OCC(C)C)cc1. The molecule has 0 saturated heterocycles. The zero-order chi connectivity index (χ0) is 25.8. The summed E-state index contributed by atoms with van der Waals surface area (Å²) in [6.07, 6.45) is 8.84. The average molecular weight is 502 g/mol. The second-order valence-corrected chi connectivity index (χ2v) is 10.0. The molecular formula is C28H43N3O3S. The van der Waals surface area contributed by atoms with Crippen molar-refractivity contribution in [1.29, 1.82) is 0 Å². The van der Waals surface area contributed by atoms with Crippen LogP contribution in [0.25, 0.3) is 0 Å². The van der Waals surface area contributed by atoms with Gasteiger partial charge in [-0.1, -0.05) is 71.4 Å². The molecule has 1 heterocycles. The van der Waals surface area contributed by atoms with E-state index >= 15 is 0 Å². The number of nitrogens with zero attached hydrogens (tertiary/aromatic N) is 1. The summed E-state index contributed by atoms with van der Waals surface area (Å²) in [6.45, 7) is 11.2. The van der Waals surface area contributed by atoms with Gasteiger partial charge < -0.3 is 20.3 Å². The Labute approximate surface area is 216 Å². The minimum Gasteiger partial charge on any atom is -0.462 e. The smallest absolute Gasteiger partial charge is 0.338 e. The summed E-state index contributed by atoms with van der Waals surface area (Å²) < 4.78 is 5.58. The summed E-state index contributed by atoms with van der Waals surface area (Å²) in [4.78, 5) is 27.3. The van der Waals surface area contributed by atoms with E-state index in [1.54, 1.807) is 0 Å². The number of thiocarbonyl (C=S) groups is 1. The van der Waals surface area contributed by atoms with Crippen LogP contribution in [0.2, 0.25) is 0 Å². The number of hydrogen-bond acceptors (Lipinski definition) is 4. The lowest BCUT2D eigenvalue weighted by Gasteiger charge is -2.37. The number of anilines is 1. The van der Waals surface area contributed by atoms with Gasteiger partial charge in [0.1, 0.15) is 0 Å². The van der Waals surface area contributed by atoms with Crippen molar-refractivity contribution in [3.05, 3.63) is 41.1 Å². The summed E-state index contributed by atoms with van der Waals surface area (Å²) in [5.41, 5.74) is 3.02. The normalized spacial score (nSPS) is 15.9. The van der Waals surface area contributed by atoms with Gasteiger partial charge in [-0.2, -0.15) is 0 Å². The van der Waals surface area contributed by atoms with E-state index in [2.05, 4.69) is 17.6 Å². The maximum atomic E-state index is 13.0. The van der Waals surface area contributed by atoms with Crippen LogP contribution in [0.1, 0.15) is 97.6 Å². The minimum atomic E-state index is -0.401. The molecule has 35 heavy (non-hydrogen) atoms. The van der Waals surface area contributed by atoms with Crippen molar-refractivity contribution in [2.45, 2.75) is 92.0 Å². The first kappa shape index (κ1) is 28.8. The second kappa shape index (κ2) is 14.9. The second-order valence-electron chi connectivity index (χ2n) is 9.66. The number of ether oxygens (including phenoxy) is 1. The van der Waals surface area contributed by atoms with Crippen LogP contribution < -0.4 is 10.6 Å². The van der Waals surface area contributed by atoms with Gasteiger partial charge in [-0.25, -0.2) is 4.79 Å². The molecule has 1 aromatic carbocycles. The molecule has 0 saturated carbocycles. The molecule has 1 unspecified atom stereocenters. The summed E-state index contributed by atoms with van der Waals surface area (Å²) in [7, 11) is 0. The lowest BCUT2D eigenvalue weighted by atomic mass is 9.94. The lowest BCUT2D eigenvalue weighted by Crippen LogP contribution is -2.47. The first-order chi connectivity index (χ1) is 16.8. The number of amides is 1. The van der Waals surface area contributed by atoms with Gasteiger partial charge in [0.15, 0.2) is 5.11 Å². The van der Waals surface area contributed by atoms with Gasteiger partial charge in [0.05, 0.1) is 18.2 Å². The lowest BCUT2D eigenvalue weighted by molar-refractivity contribution is -0.140. The number of hydrogen-bond donors (Lipinski definition) is 2. The van der Waals surface area contributed by atoms with Crippen molar-refractivity contribution >= 4 is 34.9 Å². The molecule has 1 aliphatic heterocycles. The summed E-state index contributed by atoms with van der Waals surface area (Å²) in [5, 5.41) is 6.88. The number of carbonyl (C=O) groups is 2. The highest BCUT2D eigenvalue weighted by atomic mass is 32.1. The van der Waals surface area contributed by atoms with Gasteiger partial charge >= 0.3 is 5.97 Å². The zero-order valence-corrected chi connectivity index (χ0v) is 22.9. The van der Waals surface area contributed by atoms with Crippen LogP contribution in [0, 0.1) is 5.92 Å². The maximum absolute atomic E-state index is 13.0. The fourth-order valence-electron chi connectivity index (χ4n) is 4.22. The molecule has 2 N–H and O–H groups in total. The van der Waals surface area contributed by atoms with Crippen LogP contribution in [-0.4, -0.2) is 35.0 Å². The number of esters is 1. The molecule has 194 valence electrons. The zero-order valence-electron chi connectivity index (χ0n) is 22.1. The molecule has 1 atom stereocenters. The van der Waals surface area contributed by atoms with Crippen molar-refractivity contribution < 1.29 is 14.3 Å². The van der Waals surface area contributed by atoms with Gasteiger partial charge in [0.2, 0.25) is 5.91 Å². The average Bonchev–Trinajstić information content (AvgIpc) is 2.82. The van der Waals surface area contributed by atoms with E-state index in [9.17, 15) is 9.59 Å². The number of unbranched alkanes of at least 4 members (excludes halogenated alkanes) is 6. The molecule has 7 heteroatoms. The maximum Gasteiger partial charge on any atom is 0.338 e. The Morgan fingerprint density at radius 1 is 1.06 bits per heavy atom. The van der Waals surface area contributed by atoms with E-state index in [0.29, 0.717) is 30.3 Å². The number of benzene rings is 1. The topological polar surface area (TPSA) is 70.7 Å². The highest BCUT2D eigenvalue weighted by Gasteiger charge is 2.34. The molecule has 1 amide bonds. The van der Waals surface area contributed by atoms with Gasteiger partial charge in [-0.15, -0.1) is 0 Å². The van der Waals surface area contributed by atoms with Crippen molar-refractivity contribution in [2.24, 2.45) is 5.92 Å². The molecule has 2 rings (SSSR count). The van der Waals surface area contributed by atoms with E-state index in [1.807, 2.05) is 56.9 Å². The van der Waals surface area contributed by atoms with Crippen LogP contribution >= 0.6 is 12.2 Å². The molecular weight excluding hydrogens is 458 g/mol. The third kappa shape index (κ3) is 8.95. The third-order valence-corrected chi connectivity index (χ3v) is 6.55. The molecule has 6 nitrogen and oxygen atoms in total. The van der Waals surface area contributed by atoms with Crippen molar-refractivity contribution in [3.8, 4) is 0 Å². The highest BCUT2D eigenvalue weighted by molar-refractivity contribution is 7.80. The van der Waals surface area contributed by atoms with Crippen LogP contribution in [0.3, 0.4) is 0 Å². The Morgan fingerprint density at radius 2 is 1.69 bits per heavy atom. The van der Waals surface area contributed by atoms with Crippen LogP contribution in [0.15, 0.2) is 35.5 Å². The highest BCUT2D eigenvalue weighted by Crippen LogP contribution is 2.32. The first-order valence-corrected chi connectivity index (χ1v) is 13.5. The van der Waals surface area contributed by atoms with Crippen LogP contribution in [-0.2, 0) is 14.3 Å². The van der Waals surface area contributed by atoms with E-state index in [1.165, 1.54) is 32.1 Å². The van der Waals surface area contributed by atoms with Gasteiger partial charge in [0.25, 0.3) is 0 Å². The van der Waals surface area contributed by atoms with Gasteiger partial charge in [-0.3, -0.25) is 4.79 Å². The molecule has 0 fully saturated rings. The largest absolute Gasteiger partial charge is 0.462 e. The fourth-order valence-corrected chi connectivity index (χ4v) is 4.61. The van der Waals surface area contributed by atoms with E-state index < -0.39 is 6.04 Å². The quantitative estimate of drug-likeness (QED) is 0.172. The molecule has 0 spiro atoms. The predicted molar refractivity (Wildman–Crippen MR) is 147 cm³/mol. The Morgan fingerprint density at radius 3 is 2.29 bits per heavy atom. The number of rotatable bonds is 14. The van der Waals surface area contributed by atoms with Crippen molar-refractivity contribution in [3.63, 3.8) is 0 Å². The Bertz CT molecular complexity index is 880. The summed E-state index contributed by atoms with van der Waals surface area (Å²) in [6, 6.07) is 7.20. The standard InChI is InChI=1S/C28H43N3O3S/c1-6-8-9-10-11-12-13-14-24(32)29-23-17-15-22(16-18-23)26-25(27(33)34-19-20(3)4)21(5)31(7-2)28(35)30-26/h15-18,20,26H,6-14,19H2,1-5H3,(H,29,32)(H,30,35). The van der Waals surface area contributed by atoms with E-state index in [-0.39, 0.29) is 17.8 Å². The van der Waals surface area contributed by atoms with Crippen molar-refractivity contribution in [1.82, 2.24) is 10.2 Å². The molecule has 0 bridgehead atoms. The minimum absolute atomic E-state index is 0.0376. The first-order valence-electron chi connectivity index (χ1n) is 13.1. The summed E-state index contributed by atoms with van der Waals surface area (Å²) >= 11 is 5.56. The summed E-state index contributed by atoms with van der Waals surface area (Å²) in [5.74, 6) is -0.0422. The monoisotopic (exact) mass is 501 g/mol. The third-order valence-electron chi connectivity index (χ3n) is 6.22. The molecule has 0 aromatic heterocycles. The number of nitrogens with one attached hydrogen (secondary N) is 2. The Balaban J connectivity index is 2.03. The fraction of sp³-hybridized carbons (Fsp3) is 0.607.